The standard InChI is InChI=1S/C31H42N4O5/c1-2-40-29(36)12-11-27(33-38)30-31(37)35(28-10-6-5-9-26(28)32-30)23-16-24-18-39-19-25(17-23)34(24)22-14-20-7-3-4-8-21(13-20)15-22/h5-6,9-10,20-25,38H,2-4,7-8,11-19H2,1H3/t20?,21?,22?,23?,24-,25+. The second kappa shape index (κ2) is 12.0. The first kappa shape index (κ1) is 27.4. The summed E-state index contributed by atoms with van der Waals surface area (Å²) in [5.41, 5.74) is 1.42. The molecule has 2 saturated heterocycles. The van der Waals surface area contributed by atoms with Crippen LogP contribution in [0.1, 0.15) is 89.3 Å². The van der Waals surface area contributed by atoms with Crippen LogP contribution in [0, 0.1) is 11.8 Å². The lowest BCUT2D eigenvalue weighted by molar-refractivity contribution is -0.142. The van der Waals surface area contributed by atoms with Crippen LogP contribution in [0.5, 0.6) is 0 Å². The molecule has 6 rings (SSSR count). The molecule has 4 aliphatic rings. The second-order valence-electron chi connectivity index (χ2n) is 12.3. The molecule has 2 aromatic rings. The Hall–Kier alpha value is -2.78. The molecule has 4 fully saturated rings. The number of benzene rings is 1. The number of oxime groups is 1. The summed E-state index contributed by atoms with van der Waals surface area (Å²) in [7, 11) is 0. The fraction of sp³-hybridized carbons (Fsp3) is 0.677. The predicted molar refractivity (Wildman–Crippen MR) is 152 cm³/mol. The Bertz CT molecular complexity index is 1280. The van der Waals surface area contributed by atoms with Gasteiger partial charge in [0.25, 0.3) is 5.56 Å². The van der Waals surface area contributed by atoms with Crippen LogP contribution >= 0.6 is 0 Å². The molecule has 1 aromatic heterocycles. The Labute approximate surface area is 235 Å². The van der Waals surface area contributed by atoms with Crippen molar-refractivity contribution in [3.63, 3.8) is 0 Å². The maximum atomic E-state index is 14.1. The van der Waals surface area contributed by atoms with Gasteiger partial charge in [-0.25, -0.2) is 4.98 Å². The monoisotopic (exact) mass is 550 g/mol. The first-order valence-corrected chi connectivity index (χ1v) is 15.3. The van der Waals surface area contributed by atoms with Gasteiger partial charge in [-0.2, -0.15) is 0 Å². The Morgan fingerprint density at radius 1 is 1.00 bits per heavy atom. The Kier molecular flexibility index (Phi) is 8.21. The van der Waals surface area contributed by atoms with Crippen LogP contribution in [0.4, 0.5) is 0 Å². The average Bonchev–Trinajstić information content (AvgIpc) is 3.12. The molecule has 0 amide bonds. The maximum Gasteiger partial charge on any atom is 0.306 e. The maximum absolute atomic E-state index is 14.1. The van der Waals surface area contributed by atoms with Gasteiger partial charge in [-0.05, 0) is 63.0 Å². The van der Waals surface area contributed by atoms with Gasteiger partial charge in [0, 0.05) is 30.6 Å². The number of para-hydroxylation sites is 2. The first-order chi connectivity index (χ1) is 19.6. The summed E-state index contributed by atoms with van der Waals surface area (Å²) in [6, 6.07) is 8.83. The van der Waals surface area contributed by atoms with Gasteiger partial charge in [-0.3, -0.25) is 14.5 Å². The fourth-order valence-electron chi connectivity index (χ4n) is 8.21. The van der Waals surface area contributed by atoms with E-state index in [2.05, 4.69) is 15.0 Å². The lowest BCUT2D eigenvalue weighted by Crippen LogP contribution is -2.62. The third-order valence-corrected chi connectivity index (χ3v) is 9.75. The van der Waals surface area contributed by atoms with Crippen molar-refractivity contribution in [1.82, 2.24) is 14.5 Å². The SMILES string of the molecule is CCOC(=O)CCC(=NO)c1nc2ccccc2n(C2C[C@H]3COC[C@@H](C2)N3C2CC3CCCCC(C3)C2)c1=O. The van der Waals surface area contributed by atoms with Crippen LogP contribution in [-0.4, -0.2) is 69.3 Å². The fourth-order valence-corrected chi connectivity index (χ4v) is 8.21. The molecule has 5 atom stereocenters. The molecular formula is C31H42N4O5. The molecule has 2 aliphatic heterocycles. The van der Waals surface area contributed by atoms with Gasteiger partial charge in [-0.1, -0.05) is 43.0 Å². The van der Waals surface area contributed by atoms with Gasteiger partial charge in [0.05, 0.1) is 37.3 Å². The lowest BCUT2D eigenvalue weighted by atomic mass is 9.75. The van der Waals surface area contributed by atoms with Gasteiger partial charge in [0.2, 0.25) is 0 Å². The highest BCUT2D eigenvalue weighted by molar-refractivity contribution is 6.00. The number of rotatable bonds is 7. The summed E-state index contributed by atoms with van der Waals surface area (Å²) in [6.45, 7) is 3.42. The number of morpholine rings is 1. The minimum atomic E-state index is -0.396. The van der Waals surface area contributed by atoms with Crippen molar-refractivity contribution < 1.29 is 19.5 Å². The van der Waals surface area contributed by atoms with Crippen molar-refractivity contribution in [3.05, 3.63) is 40.3 Å². The smallest absolute Gasteiger partial charge is 0.306 e. The number of fused-ring (bicyclic) bond motifs is 5. The van der Waals surface area contributed by atoms with E-state index in [9.17, 15) is 14.8 Å². The highest BCUT2D eigenvalue weighted by Gasteiger charge is 2.45. The molecule has 2 aliphatic carbocycles. The van der Waals surface area contributed by atoms with E-state index < -0.39 is 5.97 Å². The van der Waals surface area contributed by atoms with Crippen LogP contribution in [0.2, 0.25) is 0 Å². The molecule has 40 heavy (non-hydrogen) atoms. The molecule has 2 saturated carbocycles. The topological polar surface area (TPSA) is 106 Å². The van der Waals surface area contributed by atoms with Crippen LogP contribution in [0.15, 0.2) is 34.2 Å². The van der Waals surface area contributed by atoms with Crippen molar-refractivity contribution in [2.45, 2.75) is 102 Å². The van der Waals surface area contributed by atoms with E-state index in [1.807, 2.05) is 28.8 Å². The quantitative estimate of drug-likeness (QED) is 0.231. The van der Waals surface area contributed by atoms with Gasteiger partial charge in [0.1, 0.15) is 5.71 Å². The van der Waals surface area contributed by atoms with Crippen LogP contribution in [0.3, 0.4) is 0 Å². The number of aromatic nitrogens is 2. The Balaban J connectivity index is 1.30. The van der Waals surface area contributed by atoms with Gasteiger partial charge < -0.3 is 19.2 Å². The molecule has 4 bridgehead atoms. The zero-order chi connectivity index (χ0) is 27.6. The summed E-state index contributed by atoms with van der Waals surface area (Å²) in [4.78, 5) is 33.5. The van der Waals surface area contributed by atoms with Crippen molar-refractivity contribution in [1.29, 1.82) is 0 Å². The highest BCUT2D eigenvalue weighted by atomic mass is 16.5. The number of ether oxygens (including phenoxy) is 2. The Morgan fingerprint density at radius 2 is 1.70 bits per heavy atom. The first-order valence-electron chi connectivity index (χ1n) is 15.3. The predicted octanol–water partition coefficient (Wildman–Crippen LogP) is 4.68. The molecule has 1 aromatic carbocycles. The minimum absolute atomic E-state index is 0.00910. The normalized spacial score (nSPS) is 31.1. The molecule has 0 spiro atoms. The Morgan fingerprint density at radius 3 is 2.38 bits per heavy atom. The molecule has 0 radical (unpaired) electrons. The number of esters is 1. The third-order valence-electron chi connectivity index (χ3n) is 9.75. The van der Waals surface area contributed by atoms with E-state index in [4.69, 9.17) is 9.47 Å². The number of hydrogen-bond acceptors (Lipinski definition) is 8. The van der Waals surface area contributed by atoms with Crippen LogP contribution in [0.25, 0.3) is 11.0 Å². The molecular weight excluding hydrogens is 508 g/mol. The zero-order valence-electron chi connectivity index (χ0n) is 23.5. The highest BCUT2D eigenvalue weighted by Crippen LogP contribution is 2.44. The molecule has 3 unspecified atom stereocenters. The minimum Gasteiger partial charge on any atom is -0.466 e. The summed E-state index contributed by atoms with van der Waals surface area (Å²) in [5, 5.41) is 13.3. The van der Waals surface area contributed by atoms with E-state index in [1.54, 1.807) is 6.92 Å². The van der Waals surface area contributed by atoms with Gasteiger partial charge in [-0.15, -0.1) is 0 Å². The average molecular weight is 551 g/mol. The number of carbonyl (C=O) groups excluding carboxylic acids is 1. The molecule has 9 nitrogen and oxygen atoms in total. The molecule has 216 valence electrons. The van der Waals surface area contributed by atoms with Crippen LogP contribution in [-0.2, 0) is 14.3 Å². The number of carbonyl (C=O) groups is 1. The summed E-state index contributed by atoms with van der Waals surface area (Å²) in [5.74, 6) is 1.31. The zero-order valence-corrected chi connectivity index (χ0v) is 23.5. The summed E-state index contributed by atoms with van der Waals surface area (Å²) in [6.07, 6.45) is 11.3. The number of piperidine rings is 1. The third kappa shape index (κ3) is 5.42. The van der Waals surface area contributed by atoms with E-state index in [0.717, 1.165) is 30.2 Å². The van der Waals surface area contributed by atoms with E-state index >= 15 is 0 Å². The lowest BCUT2D eigenvalue weighted by Gasteiger charge is -2.54. The van der Waals surface area contributed by atoms with E-state index in [1.165, 1.54) is 44.9 Å². The molecule has 9 heteroatoms. The molecule has 1 N–H and O–H groups in total. The van der Waals surface area contributed by atoms with Crippen molar-refractivity contribution in [3.8, 4) is 0 Å². The van der Waals surface area contributed by atoms with E-state index in [-0.39, 0.29) is 54.5 Å². The largest absolute Gasteiger partial charge is 0.466 e. The van der Waals surface area contributed by atoms with Gasteiger partial charge in [0.15, 0.2) is 5.69 Å². The van der Waals surface area contributed by atoms with Crippen LogP contribution < -0.4 is 5.56 Å². The summed E-state index contributed by atoms with van der Waals surface area (Å²) >= 11 is 0. The van der Waals surface area contributed by atoms with E-state index in [0.29, 0.717) is 24.8 Å². The van der Waals surface area contributed by atoms with Gasteiger partial charge >= 0.3 is 5.97 Å². The molecule has 3 heterocycles. The van der Waals surface area contributed by atoms with Crippen molar-refractivity contribution in [2.75, 3.05) is 19.8 Å². The second-order valence-corrected chi connectivity index (χ2v) is 12.3. The van der Waals surface area contributed by atoms with Crippen molar-refractivity contribution >= 4 is 22.7 Å². The number of nitrogens with zero attached hydrogens (tertiary/aromatic N) is 4. The summed E-state index contributed by atoms with van der Waals surface area (Å²) < 4.78 is 13.0. The van der Waals surface area contributed by atoms with Crippen molar-refractivity contribution in [2.24, 2.45) is 17.0 Å². The number of hydrogen-bond donors (Lipinski definition) is 1.